The fraction of sp³-hybridized carbons (Fsp3) is 0. The molecule has 0 amide bonds. The normalized spacial score (nSPS) is 9.71. The summed E-state index contributed by atoms with van der Waals surface area (Å²) in [5.41, 5.74) is 1.11. The predicted octanol–water partition coefficient (Wildman–Crippen LogP) is 1.79. The highest BCUT2D eigenvalue weighted by Crippen LogP contribution is 2.12. The number of hydrogen-bond donors (Lipinski definition) is 0. The molecule has 0 radical (unpaired) electrons. The van der Waals surface area contributed by atoms with E-state index in [1.54, 1.807) is 30.5 Å². The van der Waals surface area contributed by atoms with Crippen LogP contribution in [0.3, 0.4) is 0 Å². The van der Waals surface area contributed by atoms with Gasteiger partial charge in [-0.2, -0.15) is 5.26 Å². The second kappa shape index (κ2) is 3.48. The number of benzene rings is 1. The van der Waals surface area contributed by atoms with Crippen molar-refractivity contribution in [1.29, 1.82) is 5.26 Å². The summed E-state index contributed by atoms with van der Waals surface area (Å²) in [6, 6.07) is 9.02. The molecule has 1 aromatic carbocycles. The maximum absolute atomic E-state index is 8.56. The van der Waals surface area contributed by atoms with Crippen LogP contribution in [0.15, 0.2) is 30.5 Å². The van der Waals surface area contributed by atoms with Crippen molar-refractivity contribution in [2.24, 2.45) is 0 Å². The largest absolute Gasteiger partial charge is 0.219 e. The van der Waals surface area contributed by atoms with E-state index in [2.05, 4.69) is 10.3 Å². The lowest BCUT2D eigenvalue weighted by molar-refractivity contribution is 0.802. The Labute approximate surface area is 85.3 Å². The van der Waals surface area contributed by atoms with Crippen LogP contribution in [0.2, 0.25) is 5.02 Å². The van der Waals surface area contributed by atoms with Crippen LogP contribution >= 0.6 is 11.6 Å². The third-order valence-corrected chi connectivity index (χ3v) is 1.95. The maximum Gasteiger partial charge on any atom is 0.183 e. The Morgan fingerprint density at radius 1 is 1.29 bits per heavy atom. The number of hydrogen-bond acceptors (Lipinski definition) is 3. The van der Waals surface area contributed by atoms with Crippen LogP contribution in [-0.4, -0.2) is 15.0 Å². The molecule has 0 N–H and O–H groups in total. The van der Waals surface area contributed by atoms with Gasteiger partial charge in [0.05, 0.1) is 11.9 Å². The fourth-order valence-corrected chi connectivity index (χ4v) is 1.16. The topological polar surface area (TPSA) is 54.5 Å². The van der Waals surface area contributed by atoms with Gasteiger partial charge >= 0.3 is 0 Å². The van der Waals surface area contributed by atoms with Crippen LogP contribution in [0.25, 0.3) is 5.69 Å². The van der Waals surface area contributed by atoms with Crippen molar-refractivity contribution in [2.75, 3.05) is 0 Å². The van der Waals surface area contributed by atoms with Gasteiger partial charge in [-0.25, -0.2) is 4.68 Å². The Bertz CT molecular complexity index is 480. The third-order valence-electron chi connectivity index (χ3n) is 1.70. The first-order valence-corrected chi connectivity index (χ1v) is 4.26. The molecular formula is C9H5ClN4. The summed E-state index contributed by atoms with van der Waals surface area (Å²) in [4.78, 5) is 0. The van der Waals surface area contributed by atoms with Gasteiger partial charge in [0.25, 0.3) is 0 Å². The lowest BCUT2D eigenvalue weighted by atomic mass is 10.3. The van der Waals surface area contributed by atoms with Crippen molar-refractivity contribution < 1.29 is 0 Å². The summed E-state index contributed by atoms with van der Waals surface area (Å²) < 4.78 is 1.52. The number of rotatable bonds is 1. The number of halogens is 1. The highest BCUT2D eigenvalue weighted by molar-refractivity contribution is 6.30. The molecule has 1 heterocycles. The van der Waals surface area contributed by atoms with Gasteiger partial charge in [0, 0.05) is 5.02 Å². The molecule has 4 nitrogen and oxygen atoms in total. The van der Waals surface area contributed by atoms with Crippen LogP contribution in [0.5, 0.6) is 0 Å². The van der Waals surface area contributed by atoms with E-state index in [0.29, 0.717) is 10.7 Å². The molecule has 0 saturated heterocycles. The Hall–Kier alpha value is -1.86. The van der Waals surface area contributed by atoms with Crippen molar-refractivity contribution in [3.05, 3.63) is 41.2 Å². The molecule has 0 fully saturated rings. The Morgan fingerprint density at radius 2 is 2.00 bits per heavy atom. The zero-order chi connectivity index (χ0) is 9.97. The summed E-state index contributed by atoms with van der Waals surface area (Å²) in [7, 11) is 0. The first-order chi connectivity index (χ1) is 6.79. The third kappa shape index (κ3) is 1.58. The summed E-state index contributed by atoms with van der Waals surface area (Å²) >= 11 is 5.73. The maximum atomic E-state index is 8.56. The highest BCUT2D eigenvalue weighted by atomic mass is 35.5. The Balaban J connectivity index is 2.40. The monoisotopic (exact) mass is 204 g/mol. The molecule has 2 rings (SSSR count). The van der Waals surface area contributed by atoms with Gasteiger partial charge in [-0.1, -0.05) is 16.8 Å². The minimum Gasteiger partial charge on any atom is -0.219 e. The molecular weight excluding hydrogens is 200 g/mol. The summed E-state index contributed by atoms with van der Waals surface area (Å²) in [5.74, 6) is 0. The van der Waals surface area contributed by atoms with Crippen molar-refractivity contribution in [2.45, 2.75) is 0 Å². The molecule has 14 heavy (non-hydrogen) atoms. The first-order valence-electron chi connectivity index (χ1n) is 3.88. The number of nitriles is 1. The van der Waals surface area contributed by atoms with Gasteiger partial charge < -0.3 is 0 Å². The number of nitrogens with zero attached hydrogens (tertiary/aromatic N) is 4. The molecule has 0 unspecified atom stereocenters. The minimum absolute atomic E-state index is 0.292. The first kappa shape index (κ1) is 8.73. The van der Waals surface area contributed by atoms with Gasteiger partial charge in [0.1, 0.15) is 6.07 Å². The van der Waals surface area contributed by atoms with Crippen LogP contribution in [0, 0.1) is 11.3 Å². The zero-order valence-corrected chi connectivity index (χ0v) is 7.81. The molecule has 0 saturated carbocycles. The molecule has 0 aliphatic rings. The highest BCUT2D eigenvalue weighted by Gasteiger charge is 2.00. The van der Waals surface area contributed by atoms with Crippen LogP contribution in [0.4, 0.5) is 0 Å². The van der Waals surface area contributed by atoms with E-state index in [-0.39, 0.29) is 0 Å². The number of aromatic nitrogens is 3. The van der Waals surface area contributed by atoms with E-state index in [1.165, 1.54) is 4.68 Å². The van der Waals surface area contributed by atoms with Gasteiger partial charge in [0.15, 0.2) is 5.69 Å². The van der Waals surface area contributed by atoms with Gasteiger partial charge in [-0.3, -0.25) is 0 Å². The zero-order valence-electron chi connectivity index (χ0n) is 7.05. The van der Waals surface area contributed by atoms with E-state index >= 15 is 0 Å². The van der Waals surface area contributed by atoms with Gasteiger partial charge in [0.2, 0.25) is 0 Å². The molecule has 0 aliphatic heterocycles. The summed E-state index contributed by atoms with van der Waals surface area (Å²) in [5, 5.41) is 16.7. The lowest BCUT2D eigenvalue weighted by Crippen LogP contribution is -1.93. The summed E-state index contributed by atoms with van der Waals surface area (Å²) in [6.07, 6.45) is 1.56. The van der Waals surface area contributed by atoms with Crippen LogP contribution in [0.1, 0.15) is 5.69 Å². The molecule has 0 bridgehead atoms. The lowest BCUT2D eigenvalue weighted by Gasteiger charge is -1.98. The van der Waals surface area contributed by atoms with E-state index < -0.39 is 0 Å². The molecule has 5 heteroatoms. The average Bonchev–Trinajstić information content (AvgIpc) is 2.67. The SMILES string of the molecule is N#Cc1cn(-c2ccc(Cl)cc2)nn1. The standard InChI is InChI=1S/C9H5ClN4/c10-7-1-3-9(4-2-7)14-6-8(5-11)12-13-14/h1-4,6H. The molecule has 0 atom stereocenters. The average molecular weight is 205 g/mol. The van der Waals surface area contributed by atoms with E-state index in [4.69, 9.17) is 16.9 Å². The second-order valence-electron chi connectivity index (χ2n) is 2.64. The predicted molar refractivity (Wildman–Crippen MR) is 51.1 cm³/mol. The molecule has 0 aliphatic carbocycles. The van der Waals surface area contributed by atoms with Crippen molar-refractivity contribution in [3.63, 3.8) is 0 Å². The smallest absolute Gasteiger partial charge is 0.183 e. The quantitative estimate of drug-likeness (QED) is 0.712. The molecule has 0 spiro atoms. The molecule has 2 aromatic rings. The van der Waals surface area contributed by atoms with Crippen molar-refractivity contribution in [1.82, 2.24) is 15.0 Å². The Morgan fingerprint density at radius 3 is 2.57 bits per heavy atom. The second-order valence-corrected chi connectivity index (χ2v) is 3.07. The minimum atomic E-state index is 0.292. The van der Waals surface area contributed by atoms with Gasteiger partial charge in [-0.05, 0) is 24.3 Å². The van der Waals surface area contributed by atoms with Crippen LogP contribution < -0.4 is 0 Å². The van der Waals surface area contributed by atoms with E-state index in [9.17, 15) is 0 Å². The van der Waals surface area contributed by atoms with Crippen molar-refractivity contribution >= 4 is 11.6 Å². The van der Waals surface area contributed by atoms with E-state index in [0.717, 1.165) is 5.69 Å². The summed E-state index contributed by atoms with van der Waals surface area (Å²) in [6.45, 7) is 0. The van der Waals surface area contributed by atoms with Crippen LogP contribution in [-0.2, 0) is 0 Å². The van der Waals surface area contributed by atoms with E-state index in [1.807, 2.05) is 6.07 Å². The molecule has 68 valence electrons. The molecule has 1 aromatic heterocycles. The Kier molecular flexibility index (Phi) is 2.17. The van der Waals surface area contributed by atoms with Gasteiger partial charge in [-0.15, -0.1) is 5.10 Å². The fourth-order valence-electron chi connectivity index (χ4n) is 1.04. The van der Waals surface area contributed by atoms with Crippen molar-refractivity contribution in [3.8, 4) is 11.8 Å².